The fourth-order valence-electron chi connectivity index (χ4n) is 3.42. The van der Waals surface area contributed by atoms with Crippen LogP contribution in [0.4, 0.5) is 5.69 Å². The first-order valence-electron chi connectivity index (χ1n) is 9.10. The van der Waals surface area contributed by atoms with E-state index < -0.39 is 11.9 Å². The van der Waals surface area contributed by atoms with Crippen LogP contribution in [-0.4, -0.2) is 25.3 Å². The van der Waals surface area contributed by atoms with Gasteiger partial charge in [-0.15, -0.1) is 11.3 Å². The third-order valence-corrected chi connectivity index (χ3v) is 6.17. The number of hydrogen-bond donors (Lipinski definition) is 1. The largest absolute Gasteiger partial charge is 0.454 e. The van der Waals surface area contributed by atoms with E-state index in [1.54, 1.807) is 18.2 Å². The molecule has 0 saturated carbocycles. The molecule has 1 aromatic heterocycles. The van der Waals surface area contributed by atoms with Crippen LogP contribution in [0.2, 0.25) is 0 Å². The average Bonchev–Trinajstić information content (AvgIpc) is 3.31. The molecular formula is C20H21NO5S. The Morgan fingerprint density at radius 2 is 2.11 bits per heavy atom. The van der Waals surface area contributed by atoms with Gasteiger partial charge >= 0.3 is 5.97 Å². The Morgan fingerprint density at radius 3 is 2.96 bits per heavy atom. The van der Waals surface area contributed by atoms with Gasteiger partial charge in [-0.2, -0.15) is 0 Å². The zero-order chi connectivity index (χ0) is 18.8. The van der Waals surface area contributed by atoms with Crippen molar-refractivity contribution in [2.45, 2.75) is 32.6 Å². The topological polar surface area (TPSA) is 73.9 Å². The van der Waals surface area contributed by atoms with Gasteiger partial charge in [-0.3, -0.25) is 4.79 Å². The number of fused-ring (bicyclic) bond motifs is 2. The van der Waals surface area contributed by atoms with E-state index in [4.69, 9.17) is 14.2 Å². The van der Waals surface area contributed by atoms with Crippen LogP contribution >= 0.6 is 11.3 Å². The number of hydrogen-bond acceptors (Lipinski definition) is 6. The molecule has 4 rings (SSSR count). The summed E-state index contributed by atoms with van der Waals surface area (Å²) in [6.07, 6.45) is 4.39. The lowest BCUT2D eigenvalue weighted by atomic mass is 9.87. The Balaban J connectivity index is 1.31. The molecule has 2 aromatic rings. The van der Waals surface area contributed by atoms with Gasteiger partial charge in [-0.25, -0.2) is 4.79 Å². The van der Waals surface area contributed by atoms with Gasteiger partial charge in [0.2, 0.25) is 6.79 Å². The van der Waals surface area contributed by atoms with Crippen LogP contribution in [-0.2, 0) is 22.4 Å². The van der Waals surface area contributed by atoms with Crippen molar-refractivity contribution < 1.29 is 23.8 Å². The molecule has 1 N–H and O–H groups in total. The van der Waals surface area contributed by atoms with Crippen molar-refractivity contribution in [2.24, 2.45) is 5.92 Å². The van der Waals surface area contributed by atoms with E-state index in [1.165, 1.54) is 28.2 Å². The second-order valence-corrected chi connectivity index (χ2v) is 7.91. The molecule has 7 heteroatoms. The Morgan fingerprint density at radius 1 is 1.26 bits per heavy atom. The van der Waals surface area contributed by atoms with Crippen LogP contribution in [0.3, 0.4) is 0 Å². The Hall–Kier alpha value is -2.54. The molecule has 1 atom stereocenters. The van der Waals surface area contributed by atoms with Gasteiger partial charge in [-0.1, -0.05) is 13.3 Å². The molecule has 2 heterocycles. The summed E-state index contributed by atoms with van der Waals surface area (Å²) >= 11 is 1.49. The molecule has 0 saturated heterocycles. The highest BCUT2D eigenvalue weighted by Crippen LogP contribution is 2.35. The molecule has 0 radical (unpaired) electrons. The minimum absolute atomic E-state index is 0.175. The highest BCUT2D eigenvalue weighted by molar-refractivity contribution is 7.14. The summed E-state index contributed by atoms with van der Waals surface area (Å²) in [5.74, 6) is 1.09. The van der Waals surface area contributed by atoms with E-state index in [-0.39, 0.29) is 13.4 Å². The third-order valence-electron chi connectivity index (χ3n) is 4.95. The maximum absolute atomic E-state index is 12.3. The van der Waals surface area contributed by atoms with Crippen molar-refractivity contribution >= 4 is 28.9 Å². The summed E-state index contributed by atoms with van der Waals surface area (Å²) in [5.41, 5.74) is 1.83. The fraction of sp³-hybridized carbons (Fsp3) is 0.400. The Bertz CT molecular complexity index is 875. The Labute approximate surface area is 161 Å². The molecule has 2 aliphatic rings. The Kier molecular flexibility index (Phi) is 5.03. The van der Waals surface area contributed by atoms with Crippen LogP contribution < -0.4 is 14.8 Å². The monoisotopic (exact) mass is 387 g/mol. The number of thiophene rings is 1. The molecular weight excluding hydrogens is 366 g/mol. The molecule has 27 heavy (non-hydrogen) atoms. The van der Waals surface area contributed by atoms with Crippen LogP contribution in [0.15, 0.2) is 24.3 Å². The van der Waals surface area contributed by atoms with Crippen LogP contribution in [0.5, 0.6) is 11.5 Å². The SMILES string of the molecule is CC[C@H]1CCc2sc(C(=O)OCC(=O)Nc3ccc4c(c3)OCO4)cc2C1. The number of aryl methyl sites for hydroxylation is 1. The number of ether oxygens (including phenoxy) is 3. The highest BCUT2D eigenvalue weighted by atomic mass is 32.1. The van der Waals surface area contributed by atoms with E-state index in [2.05, 4.69) is 12.2 Å². The second kappa shape index (κ2) is 7.60. The van der Waals surface area contributed by atoms with Crippen LogP contribution in [0.1, 0.15) is 39.9 Å². The summed E-state index contributed by atoms with van der Waals surface area (Å²) < 4.78 is 15.7. The minimum atomic E-state index is -0.441. The van der Waals surface area contributed by atoms with Gasteiger partial charge in [0.25, 0.3) is 5.91 Å². The molecule has 6 nitrogen and oxygen atoms in total. The van der Waals surface area contributed by atoms with Crippen molar-refractivity contribution in [2.75, 3.05) is 18.7 Å². The lowest BCUT2D eigenvalue weighted by Gasteiger charge is -2.19. The smallest absolute Gasteiger partial charge is 0.348 e. The molecule has 0 bridgehead atoms. The number of benzene rings is 1. The second-order valence-electron chi connectivity index (χ2n) is 6.77. The van der Waals surface area contributed by atoms with E-state index in [0.717, 1.165) is 19.3 Å². The van der Waals surface area contributed by atoms with Crippen molar-refractivity contribution in [3.8, 4) is 11.5 Å². The van der Waals surface area contributed by atoms with Gasteiger partial charge in [-0.05, 0) is 48.9 Å². The zero-order valence-corrected chi connectivity index (χ0v) is 15.9. The summed E-state index contributed by atoms with van der Waals surface area (Å²) in [7, 11) is 0. The van der Waals surface area contributed by atoms with Crippen molar-refractivity contribution in [1.82, 2.24) is 0 Å². The number of nitrogens with one attached hydrogen (secondary N) is 1. The summed E-state index contributed by atoms with van der Waals surface area (Å²) in [5, 5.41) is 2.69. The third kappa shape index (κ3) is 3.93. The highest BCUT2D eigenvalue weighted by Gasteiger charge is 2.23. The van der Waals surface area contributed by atoms with Gasteiger partial charge in [0.15, 0.2) is 18.1 Å². The number of rotatable bonds is 5. The van der Waals surface area contributed by atoms with E-state index in [9.17, 15) is 9.59 Å². The molecule has 1 amide bonds. The zero-order valence-electron chi connectivity index (χ0n) is 15.1. The van der Waals surface area contributed by atoms with Crippen LogP contribution in [0, 0.1) is 5.92 Å². The first-order chi connectivity index (χ1) is 13.1. The predicted octanol–water partition coefficient (Wildman–Crippen LogP) is 3.79. The normalized spacial score (nSPS) is 17.3. The number of carbonyl (C=O) groups excluding carboxylic acids is 2. The quantitative estimate of drug-likeness (QED) is 0.790. The molecule has 1 aliphatic heterocycles. The van der Waals surface area contributed by atoms with E-state index >= 15 is 0 Å². The van der Waals surface area contributed by atoms with Gasteiger partial charge < -0.3 is 19.5 Å². The van der Waals surface area contributed by atoms with Crippen molar-refractivity contribution in [3.05, 3.63) is 39.6 Å². The molecule has 1 aromatic carbocycles. The number of esters is 1. The molecule has 0 unspecified atom stereocenters. The molecule has 1 aliphatic carbocycles. The summed E-state index contributed by atoms with van der Waals surface area (Å²) in [6.45, 7) is 2.05. The summed E-state index contributed by atoms with van der Waals surface area (Å²) in [4.78, 5) is 26.2. The van der Waals surface area contributed by atoms with E-state index in [0.29, 0.717) is 28.0 Å². The summed E-state index contributed by atoms with van der Waals surface area (Å²) in [6, 6.07) is 7.05. The average molecular weight is 387 g/mol. The van der Waals surface area contributed by atoms with Gasteiger partial charge in [0, 0.05) is 16.6 Å². The van der Waals surface area contributed by atoms with Crippen molar-refractivity contribution in [3.63, 3.8) is 0 Å². The first kappa shape index (κ1) is 17.9. The van der Waals surface area contributed by atoms with Gasteiger partial charge in [0.05, 0.1) is 0 Å². The maximum Gasteiger partial charge on any atom is 0.348 e. The molecule has 142 valence electrons. The standard InChI is InChI=1S/C20H21NO5S/c1-2-12-3-6-17-13(7-12)8-18(27-17)20(23)24-10-19(22)21-14-4-5-15-16(9-14)26-11-25-15/h4-5,8-9,12H,2-3,6-7,10-11H2,1H3,(H,21,22)/t12-/m0/s1. The number of carbonyl (C=O) groups is 2. The molecule has 0 fully saturated rings. The minimum Gasteiger partial charge on any atom is -0.454 e. The van der Waals surface area contributed by atoms with Gasteiger partial charge in [0.1, 0.15) is 4.88 Å². The van der Waals surface area contributed by atoms with E-state index in [1.807, 2.05) is 6.07 Å². The van der Waals surface area contributed by atoms with Crippen LogP contribution in [0.25, 0.3) is 0 Å². The fourth-order valence-corrected chi connectivity index (χ4v) is 4.52. The predicted molar refractivity (Wildman–Crippen MR) is 102 cm³/mol. The maximum atomic E-state index is 12.3. The van der Waals surface area contributed by atoms with Crippen molar-refractivity contribution in [1.29, 1.82) is 0 Å². The lowest BCUT2D eigenvalue weighted by molar-refractivity contribution is -0.119. The number of anilines is 1. The first-order valence-corrected chi connectivity index (χ1v) is 9.92. The molecule has 0 spiro atoms. The lowest BCUT2D eigenvalue weighted by Crippen LogP contribution is -2.20. The number of amides is 1.